The maximum absolute atomic E-state index is 13.3. The van der Waals surface area contributed by atoms with Crippen LogP contribution >= 0.6 is 0 Å². The Bertz CT molecular complexity index is 1060. The van der Waals surface area contributed by atoms with Gasteiger partial charge in [-0.1, -0.05) is 0 Å². The first-order valence-electron chi connectivity index (χ1n) is 8.93. The third-order valence-electron chi connectivity index (χ3n) is 4.76. The standard InChI is InChI=1S/C18H15F6N5O/c19-10-1-4-13(25-8-10)29-15-11(2-3-12(27-15)18(22,23)24)26-16(29)28-14(30)5-9-6-17(20,21)7-9/h1-4,8-9,14,30H,5-7H2,(H,26,28). The monoisotopic (exact) mass is 431 g/mol. The van der Waals surface area contributed by atoms with Crippen LogP contribution in [0.3, 0.4) is 0 Å². The van der Waals surface area contributed by atoms with Gasteiger partial charge in [0, 0.05) is 12.8 Å². The van der Waals surface area contributed by atoms with Crippen molar-refractivity contribution in [3.8, 4) is 5.82 Å². The van der Waals surface area contributed by atoms with Gasteiger partial charge >= 0.3 is 6.18 Å². The topological polar surface area (TPSA) is 75.9 Å². The maximum Gasteiger partial charge on any atom is 0.433 e. The summed E-state index contributed by atoms with van der Waals surface area (Å²) in [6, 6.07) is 4.13. The molecule has 1 atom stereocenters. The van der Waals surface area contributed by atoms with Crippen molar-refractivity contribution in [2.45, 2.75) is 37.6 Å². The van der Waals surface area contributed by atoms with Gasteiger partial charge in [0.15, 0.2) is 5.65 Å². The molecule has 1 aliphatic carbocycles. The summed E-state index contributed by atoms with van der Waals surface area (Å²) in [5.74, 6) is -3.90. The van der Waals surface area contributed by atoms with Crippen molar-refractivity contribution < 1.29 is 31.4 Å². The molecule has 0 amide bonds. The van der Waals surface area contributed by atoms with E-state index in [1.165, 1.54) is 6.07 Å². The van der Waals surface area contributed by atoms with Gasteiger partial charge in [0.2, 0.25) is 11.9 Å². The number of aliphatic hydroxyl groups excluding tert-OH is 1. The number of pyridine rings is 2. The number of nitrogens with one attached hydrogen (secondary N) is 1. The average Bonchev–Trinajstić information content (AvgIpc) is 2.97. The summed E-state index contributed by atoms with van der Waals surface area (Å²) in [5.41, 5.74) is -1.31. The Kier molecular flexibility index (Phi) is 4.83. The van der Waals surface area contributed by atoms with E-state index in [1.54, 1.807) is 0 Å². The number of halogens is 6. The minimum atomic E-state index is -4.71. The van der Waals surface area contributed by atoms with Crippen molar-refractivity contribution in [2.75, 3.05) is 5.32 Å². The molecule has 0 bridgehead atoms. The molecule has 6 nitrogen and oxygen atoms in total. The summed E-state index contributed by atoms with van der Waals surface area (Å²) in [7, 11) is 0. The Morgan fingerprint density at radius 1 is 1.17 bits per heavy atom. The summed E-state index contributed by atoms with van der Waals surface area (Å²) < 4.78 is 79.6. The van der Waals surface area contributed by atoms with E-state index >= 15 is 0 Å². The van der Waals surface area contributed by atoms with Gasteiger partial charge in [-0.25, -0.2) is 32.7 Å². The first-order valence-corrected chi connectivity index (χ1v) is 8.93. The summed E-state index contributed by atoms with van der Waals surface area (Å²) in [6.45, 7) is 0. The SMILES string of the molecule is OC(CC1CC(F)(F)C1)Nc1nc2ccc(C(F)(F)F)nc2n1-c1ccc(F)cn1. The van der Waals surface area contributed by atoms with Gasteiger partial charge in [-0.15, -0.1) is 0 Å². The fraction of sp³-hybridized carbons (Fsp3) is 0.389. The van der Waals surface area contributed by atoms with Crippen LogP contribution < -0.4 is 5.32 Å². The second-order valence-corrected chi connectivity index (χ2v) is 7.17. The number of hydrogen-bond donors (Lipinski definition) is 2. The van der Waals surface area contributed by atoms with E-state index in [9.17, 15) is 31.4 Å². The average molecular weight is 431 g/mol. The van der Waals surface area contributed by atoms with Gasteiger partial charge in [-0.3, -0.25) is 0 Å². The second-order valence-electron chi connectivity index (χ2n) is 7.17. The summed E-state index contributed by atoms with van der Waals surface area (Å²) in [5, 5.41) is 12.8. The van der Waals surface area contributed by atoms with Crippen LogP contribution in [0.5, 0.6) is 0 Å². The predicted octanol–water partition coefficient (Wildman–Crippen LogP) is 4.14. The van der Waals surface area contributed by atoms with E-state index in [0.29, 0.717) is 0 Å². The van der Waals surface area contributed by atoms with E-state index in [1.807, 2.05) is 0 Å². The first-order chi connectivity index (χ1) is 14.0. The number of imidazole rings is 1. The first kappa shape index (κ1) is 20.4. The minimum Gasteiger partial charge on any atom is -0.374 e. The van der Waals surface area contributed by atoms with Crippen LogP contribution in [0.1, 0.15) is 25.0 Å². The van der Waals surface area contributed by atoms with Crippen molar-refractivity contribution >= 4 is 17.1 Å². The van der Waals surface area contributed by atoms with Gasteiger partial charge in [-0.05, 0) is 36.6 Å². The molecule has 4 rings (SSSR count). The zero-order chi connectivity index (χ0) is 21.7. The fourth-order valence-corrected chi connectivity index (χ4v) is 3.40. The summed E-state index contributed by atoms with van der Waals surface area (Å²) >= 11 is 0. The molecule has 3 aromatic rings. The number of rotatable bonds is 5. The fourth-order valence-electron chi connectivity index (χ4n) is 3.40. The highest BCUT2D eigenvalue weighted by molar-refractivity contribution is 5.77. The number of fused-ring (bicyclic) bond motifs is 1. The Morgan fingerprint density at radius 3 is 2.50 bits per heavy atom. The molecule has 0 spiro atoms. The molecule has 1 saturated carbocycles. The Balaban J connectivity index is 1.70. The van der Waals surface area contributed by atoms with Crippen LogP contribution in [0.2, 0.25) is 0 Å². The highest BCUT2D eigenvalue weighted by Gasteiger charge is 2.45. The van der Waals surface area contributed by atoms with Crippen molar-refractivity contribution in [2.24, 2.45) is 5.92 Å². The van der Waals surface area contributed by atoms with Crippen molar-refractivity contribution in [1.29, 1.82) is 0 Å². The van der Waals surface area contributed by atoms with Crippen LogP contribution in [0.4, 0.5) is 32.3 Å². The van der Waals surface area contributed by atoms with Crippen molar-refractivity contribution in [1.82, 2.24) is 19.5 Å². The zero-order valence-corrected chi connectivity index (χ0v) is 15.2. The van der Waals surface area contributed by atoms with Gasteiger partial charge in [0.1, 0.15) is 29.1 Å². The predicted molar refractivity (Wildman–Crippen MR) is 93.5 cm³/mol. The molecule has 3 aromatic heterocycles. The van der Waals surface area contributed by atoms with E-state index in [2.05, 4.69) is 20.3 Å². The molecule has 1 aliphatic rings. The van der Waals surface area contributed by atoms with Gasteiger partial charge in [-0.2, -0.15) is 13.2 Å². The van der Waals surface area contributed by atoms with Gasteiger partial charge in [0.25, 0.3) is 0 Å². The van der Waals surface area contributed by atoms with E-state index in [0.717, 1.165) is 29.0 Å². The quantitative estimate of drug-likeness (QED) is 0.469. The summed E-state index contributed by atoms with van der Waals surface area (Å²) in [4.78, 5) is 11.6. The molecular formula is C18H15F6N5O. The van der Waals surface area contributed by atoms with Gasteiger partial charge in [0.05, 0.1) is 6.20 Å². The van der Waals surface area contributed by atoms with Crippen LogP contribution in [-0.4, -0.2) is 36.8 Å². The summed E-state index contributed by atoms with van der Waals surface area (Å²) in [6.07, 6.45) is -5.83. The molecule has 1 unspecified atom stereocenters. The molecule has 12 heteroatoms. The molecule has 30 heavy (non-hydrogen) atoms. The largest absolute Gasteiger partial charge is 0.433 e. The number of aliphatic hydroxyl groups is 1. The molecule has 0 aliphatic heterocycles. The Morgan fingerprint density at radius 2 is 1.90 bits per heavy atom. The third-order valence-corrected chi connectivity index (χ3v) is 4.76. The molecule has 0 aromatic carbocycles. The highest BCUT2D eigenvalue weighted by Crippen LogP contribution is 2.44. The van der Waals surface area contributed by atoms with Crippen molar-refractivity contribution in [3.05, 3.63) is 42.0 Å². The minimum absolute atomic E-state index is 0.00310. The number of alkyl halides is 5. The molecule has 3 heterocycles. The zero-order valence-electron chi connectivity index (χ0n) is 15.2. The molecule has 2 N–H and O–H groups in total. The number of nitrogens with zero attached hydrogens (tertiary/aromatic N) is 4. The van der Waals surface area contributed by atoms with E-state index in [4.69, 9.17) is 0 Å². The third kappa shape index (κ3) is 4.04. The van der Waals surface area contributed by atoms with Crippen molar-refractivity contribution in [3.63, 3.8) is 0 Å². The molecule has 0 saturated heterocycles. The Labute approximate surface area is 165 Å². The smallest absolute Gasteiger partial charge is 0.374 e. The molecular weight excluding hydrogens is 416 g/mol. The van der Waals surface area contributed by atoms with E-state index < -0.39 is 35.8 Å². The van der Waals surface area contributed by atoms with Crippen LogP contribution in [0.25, 0.3) is 17.0 Å². The number of anilines is 1. The number of hydrogen-bond acceptors (Lipinski definition) is 5. The second kappa shape index (κ2) is 7.11. The maximum atomic E-state index is 13.3. The van der Waals surface area contributed by atoms with Crippen LogP contribution in [-0.2, 0) is 6.18 Å². The molecule has 1 fully saturated rings. The normalized spacial score (nSPS) is 17.7. The van der Waals surface area contributed by atoms with Crippen LogP contribution in [0.15, 0.2) is 30.5 Å². The van der Waals surface area contributed by atoms with E-state index in [-0.39, 0.29) is 42.2 Å². The lowest BCUT2D eigenvalue weighted by Gasteiger charge is -2.36. The number of aromatic nitrogens is 4. The van der Waals surface area contributed by atoms with Gasteiger partial charge < -0.3 is 10.4 Å². The lowest BCUT2D eigenvalue weighted by atomic mass is 9.79. The molecule has 0 radical (unpaired) electrons. The lowest BCUT2D eigenvalue weighted by molar-refractivity contribution is -0.141. The lowest BCUT2D eigenvalue weighted by Crippen LogP contribution is -2.38. The van der Waals surface area contributed by atoms with Crippen LogP contribution in [0, 0.1) is 11.7 Å². The molecule has 160 valence electrons. The Hall–Kier alpha value is -2.89. The highest BCUT2D eigenvalue weighted by atomic mass is 19.4.